The first-order valence-corrected chi connectivity index (χ1v) is 8.99. The highest BCUT2D eigenvalue weighted by atomic mass is 35.5. The number of benzene rings is 1. The summed E-state index contributed by atoms with van der Waals surface area (Å²) in [5.41, 5.74) is 1.77. The zero-order valence-corrected chi connectivity index (χ0v) is 12.9. The SMILES string of the molecule is O=C1Cc2cc(C(O)C3CCCCS3(=O)=O)c(Cl)cc2N1. The van der Waals surface area contributed by atoms with Crippen LogP contribution in [0.4, 0.5) is 5.69 Å². The van der Waals surface area contributed by atoms with Crippen LogP contribution in [0.5, 0.6) is 0 Å². The first-order valence-electron chi connectivity index (χ1n) is 6.90. The van der Waals surface area contributed by atoms with Crippen LogP contribution >= 0.6 is 11.6 Å². The number of carbonyl (C=O) groups excluding carboxylic acids is 1. The van der Waals surface area contributed by atoms with Gasteiger partial charge in [-0.05, 0) is 30.5 Å². The molecule has 0 saturated carbocycles. The number of anilines is 1. The summed E-state index contributed by atoms with van der Waals surface area (Å²) in [5, 5.41) is 12.6. The maximum Gasteiger partial charge on any atom is 0.228 e. The summed E-state index contributed by atoms with van der Waals surface area (Å²) in [4.78, 5) is 11.4. The molecule has 0 bridgehead atoms. The molecule has 0 radical (unpaired) electrons. The summed E-state index contributed by atoms with van der Waals surface area (Å²) < 4.78 is 24.2. The molecule has 2 N–H and O–H groups in total. The van der Waals surface area contributed by atoms with Gasteiger partial charge in [0.15, 0.2) is 9.84 Å². The fourth-order valence-electron chi connectivity index (χ4n) is 3.03. The van der Waals surface area contributed by atoms with Gasteiger partial charge in [0.2, 0.25) is 5.91 Å². The molecule has 0 aliphatic carbocycles. The Balaban J connectivity index is 1.97. The van der Waals surface area contributed by atoms with Crippen LogP contribution in [-0.2, 0) is 21.1 Å². The van der Waals surface area contributed by atoms with Gasteiger partial charge in [-0.15, -0.1) is 0 Å². The molecule has 3 rings (SSSR count). The second-order valence-corrected chi connectivity index (χ2v) is 8.35. The molecule has 1 aromatic carbocycles. The number of hydrogen-bond donors (Lipinski definition) is 2. The van der Waals surface area contributed by atoms with E-state index in [0.717, 1.165) is 12.0 Å². The van der Waals surface area contributed by atoms with Gasteiger partial charge in [-0.2, -0.15) is 0 Å². The lowest BCUT2D eigenvalue weighted by Gasteiger charge is -2.27. The van der Waals surface area contributed by atoms with Crippen molar-refractivity contribution in [3.8, 4) is 0 Å². The molecule has 2 heterocycles. The van der Waals surface area contributed by atoms with Gasteiger partial charge >= 0.3 is 0 Å². The first kappa shape index (κ1) is 14.8. The summed E-state index contributed by atoms with van der Waals surface area (Å²) >= 11 is 6.16. The van der Waals surface area contributed by atoms with E-state index in [-0.39, 0.29) is 23.1 Å². The van der Waals surface area contributed by atoms with Gasteiger partial charge in [0.25, 0.3) is 0 Å². The Morgan fingerprint density at radius 3 is 2.81 bits per heavy atom. The van der Waals surface area contributed by atoms with Gasteiger partial charge in [-0.25, -0.2) is 8.42 Å². The molecule has 114 valence electrons. The van der Waals surface area contributed by atoms with Gasteiger partial charge in [0.1, 0.15) is 0 Å². The van der Waals surface area contributed by atoms with E-state index in [1.165, 1.54) is 0 Å². The van der Waals surface area contributed by atoms with E-state index in [1.54, 1.807) is 12.1 Å². The van der Waals surface area contributed by atoms with Gasteiger partial charge in [0.05, 0.1) is 23.5 Å². The lowest BCUT2D eigenvalue weighted by atomic mass is 9.99. The molecule has 2 unspecified atom stereocenters. The van der Waals surface area contributed by atoms with Crippen molar-refractivity contribution in [2.75, 3.05) is 11.1 Å². The zero-order chi connectivity index (χ0) is 15.2. The maximum absolute atomic E-state index is 12.1. The Kier molecular flexibility index (Phi) is 3.71. The van der Waals surface area contributed by atoms with Crippen molar-refractivity contribution < 1.29 is 18.3 Å². The van der Waals surface area contributed by atoms with Crippen molar-refractivity contribution in [2.24, 2.45) is 0 Å². The lowest BCUT2D eigenvalue weighted by molar-refractivity contribution is -0.115. The molecule has 0 spiro atoms. The Bertz CT molecular complexity index is 701. The van der Waals surface area contributed by atoms with Crippen LogP contribution in [0.15, 0.2) is 12.1 Å². The van der Waals surface area contributed by atoms with E-state index < -0.39 is 21.2 Å². The average molecular weight is 330 g/mol. The molecule has 1 saturated heterocycles. The zero-order valence-electron chi connectivity index (χ0n) is 11.3. The van der Waals surface area contributed by atoms with Crippen molar-refractivity contribution in [3.63, 3.8) is 0 Å². The minimum atomic E-state index is -3.30. The highest BCUT2D eigenvalue weighted by molar-refractivity contribution is 7.92. The van der Waals surface area contributed by atoms with Crippen LogP contribution in [0.3, 0.4) is 0 Å². The molecule has 5 nitrogen and oxygen atoms in total. The highest BCUT2D eigenvalue weighted by Crippen LogP contribution is 2.37. The predicted octanol–water partition coefficient (Wildman–Crippen LogP) is 1.84. The van der Waals surface area contributed by atoms with Crippen LogP contribution in [0, 0.1) is 0 Å². The highest BCUT2D eigenvalue weighted by Gasteiger charge is 2.36. The first-order chi connectivity index (χ1) is 9.88. The fraction of sp³-hybridized carbons (Fsp3) is 0.500. The van der Waals surface area contributed by atoms with Crippen LogP contribution in [0.2, 0.25) is 5.02 Å². The third kappa shape index (κ3) is 2.67. The molecule has 0 aromatic heterocycles. The number of hydrogen-bond acceptors (Lipinski definition) is 4. The van der Waals surface area contributed by atoms with E-state index >= 15 is 0 Å². The van der Waals surface area contributed by atoms with Crippen molar-refractivity contribution in [1.29, 1.82) is 0 Å². The van der Waals surface area contributed by atoms with E-state index in [4.69, 9.17) is 11.6 Å². The Morgan fingerprint density at radius 2 is 2.10 bits per heavy atom. The van der Waals surface area contributed by atoms with Crippen molar-refractivity contribution in [3.05, 3.63) is 28.3 Å². The maximum atomic E-state index is 12.1. The number of nitrogens with one attached hydrogen (secondary N) is 1. The topological polar surface area (TPSA) is 83.5 Å². The minimum Gasteiger partial charge on any atom is -0.387 e. The molecule has 2 atom stereocenters. The summed E-state index contributed by atoms with van der Waals surface area (Å²) in [6, 6.07) is 3.22. The van der Waals surface area contributed by atoms with E-state index in [2.05, 4.69) is 5.32 Å². The van der Waals surface area contributed by atoms with Gasteiger partial charge in [-0.3, -0.25) is 4.79 Å². The normalized spacial score (nSPS) is 25.2. The molecule has 21 heavy (non-hydrogen) atoms. The molecule has 2 aliphatic rings. The fourth-order valence-corrected chi connectivity index (χ4v) is 5.28. The number of aliphatic hydroxyl groups excluding tert-OH is 1. The van der Waals surface area contributed by atoms with Crippen LogP contribution in [0.1, 0.15) is 36.5 Å². The van der Waals surface area contributed by atoms with Gasteiger partial charge < -0.3 is 10.4 Å². The largest absolute Gasteiger partial charge is 0.387 e. The second kappa shape index (κ2) is 5.26. The molecule has 7 heteroatoms. The second-order valence-electron chi connectivity index (χ2n) is 5.60. The quantitative estimate of drug-likeness (QED) is 0.867. The Labute approximate surface area is 128 Å². The number of aliphatic hydroxyl groups is 1. The Morgan fingerprint density at radius 1 is 1.33 bits per heavy atom. The Hall–Kier alpha value is -1.11. The summed E-state index contributed by atoms with van der Waals surface area (Å²) in [6.07, 6.45) is 0.937. The summed E-state index contributed by atoms with van der Waals surface area (Å²) in [6.45, 7) is 0. The third-order valence-electron chi connectivity index (χ3n) is 4.15. The number of halogens is 1. The summed E-state index contributed by atoms with van der Waals surface area (Å²) in [5.74, 6) is -0.0184. The molecule has 1 aromatic rings. The molecule has 2 aliphatic heterocycles. The smallest absolute Gasteiger partial charge is 0.228 e. The molecule has 1 amide bonds. The van der Waals surface area contributed by atoms with Gasteiger partial charge in [-0.1, -0.05) is 18.0 Å². The van der Waals surface area contributed by atoms with E-state index in [1.807, 2.05) is 0 Å². The van der Waals surface area contributed by atoms with Crippen molar-refractivity contribution >= 4 is 33.0 Å². The van der Waals surface area contributed by atoms with Gasteiger partial charge in [0, 0.05) is 16.3 Å². The number of sulfone groups is 1. The van der Waals surface area contributed by atoms with Crippen molar-refractivity contribution in [1.82, 2.24) is 0 Å². The van der Waals surface area contributed by atoms with Crippen LogP contribution in [-0.4, -0.2) is 30.4 Å². The predicted molar refractivity (Wildman–Crippen MR) is 80.2 cm³/mol. The van der Waals surface area contributed by atoms with Crippen LogP contribution in [0.25, 0.3) is 0 Å². The van der Waals surface area contributed by atoms with E-state index in [9.17, 15) is 18.3 Å². The minimum absolute atomic E-state index is 0.108. The number of amides is 1. The molecule has 1 fully saturated rings. The third-order valence-corrected chi connectivity index (χ3v) is 6.75. The molecular weight excluding hydrogens is 314 g/mol. The van der Waals surface area contributed by atoms with Crippen molar-refractivity contribution in [2.45, 2.75) is 37.0 Å². The monoisotopic (exact) mass is 329 g/mol. The average Bonchev–Trinajstić information content (AvgIpc) is 2.75. The lowest BCUT2D eigenvalue weighted by Crippen LogP contribution is -2.34. The molecular formula is C14H16ClNO4S. The number of fused-ring (bicyclic) bond motifs is 1. The standard InChI is InChI=1S/C14H16ClNO4S/c15-10-7-11-8(6-13(17)16-11)5-9(10)14(18)12-3-1-2-4-21(12,19)20/h5,7,12,14,18H,1-4,6H2,(H,16,17). The number of rotatable bonds is 2. The van der Waals surface area contributed by atoms with Crippen LogP contribution < -0.4 is 5.32 Å². The summed E-state index contributed by atoms with van der Waals surface area (Å²) in [7, 11) is -3.30. The number of carbonyl (C=O) groups is 1. The van der Waals surface area contributed by atoms with E-state index in [0.29, 0.717) is 24.1 Å².